The maximum Gasteiger partial charge on any atom is 0.257 e. The second-order valence-electron chi connectivity index (χ2n) is 6.29. The molecule has 1 aliphatic heterocycles. The van der Waals surface area contributed by atoms with Crippen molar-refractivity contribution >= 4 is 23.8 Å². The molecule has 0 atom stereocenters. The van der Waals surface area contributed by atoms with E-state index in [1.807, 2.05) is 0 Å². The maximum atomic E-state index is 14.2. The van der Waals surface area contributed by atoms with Crippen LogP contribution in [0.1, 0.15) is 16.1 Å². The van der Waals surface area contributed by atoms with Crippen molar-refractivity contribution in [1.82, 2.24) is 20.6 Å². The van der Waals surface area contributed by atoms with E-state index in [0.717, 1.165) is 18.3 Å². The Kier molecular flexibility index (Phi) is 6.82. The van der Waals surface area contributed by atoms with Gasteiger partial charge in [-0.05, 0) is 12.1 Å². The van der Waals surface area contributed by atoms with Crippen molar-refractivity contribution in [3.63, 3.8) is 0 Å². The molecule has 0 radical (unpaired) electrons. The van der Waals surface area contributed by atoms with Crippen LogP contribution < -0.4 is 21.7 Å². The summed E-state index contributed by atoms with van der Waals surface area (Å²) in [5.41, 5.74) is 5.69. The Morgan fingerprint density at radius 1 is 1.29 bits per heavy atom. The summed E-state index contributed by atoms with van der Waals surface area (Å²) in [6.07, 6.45) is 2.36. The minimum atomic E-state index is -0.853. The van der Waals surface area contributed by atoms with Gasteiger partial charge in [-0.25, -0.2) is 18.7 Å². The van der Waals surface area contributed by atoms with Crippen LogP contribution in [0.25, 0.3) is 11.4 Å². The SMILES string of the molecule is NC=C(C=NCC(=O)NCCO)Nc1nc(-c2c(F)cccc2F)nc2c1C(=O)NC2. The minimum absolute atomic E-state index is 0.0227. The van der Waals surface area contributed by atoms with E-state index in [-0.39, 0.29) is 54.8 Å². The van der Waals surface area contributed by atoms with E-state index in [9.17, 15) is 18.4 Å². The van der Waals surface area contributed by atoms with Gasteiger partial charge in [-0.2, -0.15) is 0 Å². The normalized spacial score (nSPS) is 13.3. The number of fused-ring (bicyclic) bond motifs is 1. The fourth-order valence-electron chi connectivity index (χ4n) is 2.77. The van der Waals surface area contributed by atoms with Gasteiger partial charge in [0, 0.05) is 19.0 Å². The Bertz CT molecular complexity index is 1050. The molecule has 0 fully saturated rings. The van der Waals surface area contributed by atoms with Crippen LogP contribution in [0.2, 0.25) is 0 Å². The van der Waals surface area contributed by atoms with Gasteiger partial charge in [0.05, 0.1) is 30.1 Å². The molecule has 0 saturated carbocycles. The molecule has 2 aromatic rings. The maximum absolute atomic E-state index is 14.2. The van der Waals surface area contributed by atoms with Crippen LogP contribution >= 0.6 is 0 Å². The first-order chi connectivity index (χ1) is 14.9. The number of carbonyl (C=O) groups is 2. The number of rotatable bonds is 8. The number of halogens is 2. The van der Waals surface area contributed by atoms with E-state index in [1.54, 1.807) is 0 Å². The van der Waals surface area contributed by atoms with Gasteiger partial charge in [0.1, 0.15) is 29.6 Å². The van der Waals surface area contributed by atoms with Crippen molar-refractivity contribution < 1.29 is 23.5 Å². The van der Waals surface area contributed by atoms with Crippen LogP contribution in [0, 0.1) is 11.6 Å². The predicted octanol–water partition coefficient (Wildman–Crippen LogP) is 0.0565. The second kappa shape index (κ2) is 9.71. The van der Waals surface area contributed by atoms with Gasteiger partial charge in [-0.1, -0.05) is 6.07 Å². The Hall–Kier alpha value is -3.93. The first-order valence-corrected chi connectivity index (χ1v) is 9.14. The summed E-state index contributed by atoms with van der Waals surface area (Å²) in [4.78, 5) is 35.9. The van der Waals surface area contributed by atoms with E-state index in [2.05, 4.69) is 30.9 Å². The fourth-order valence-corrected chi connectivity index (χ4v) is 2.77. The number of benzene rings is 1. The van der Waals surface area contributed by atoms with Crippen LogP contribution in [0.15, 0.2) is 35.1 Å². The first-order valence-electron chi connectivity index (χ1n) is 9.14. The summed E-state index contributed by atoms with van der Waals surface area (Å²) in [5.74, 6) is -2.85. The zero-order valence-corrected chi connectivity index (χ0v) is 16.2. The Balaban J connectivity index is 1.90. The zero-order chi connectivity index (χ0) is 22.4. The van der Waals surface area contributed by atoms with Gasteiger partial charge >= 0.3 is 0 Å². The van der Waals surface area contributed by atoms with Gasteiger partial charge in [-0.15, -0.1) is 0 Å². The number of anilines is 1. The summed E-state index contributed by atoms with van der Waals surface area (Å²) in [6.45, 7) is -0.261. The molecule has 31 heavy (non-hydrogen) atoms. The summed E-state index contributed by atoms with van der Waals surface area (Å²) in [5, 5.41) is 16.5. The van der Waals surface area contributed by atoms with Crippen LogP contribution in [0.5, 0.6) is 0 Å². The van der Waals surface area contributed by atoms with E-state index in [1.165, 1.54) is 12.3 Å². The summed E-state index contributed by atoms with van der Waals surface area (Å²) in [6, 6.07) is 3.37. The number of aromatic nitrogens is 2. The number of allylic oxidation sites excluding steroid dienone is 1. The average molecular weight is 431 g/mol. The Labute approximate surface area is 175 Å². The largest absolute Gasteiger partial charge is 0.403 e. The van der Waals surface area contributed by atoms with Crippen molar-refractivity contribution in [2.24, 2.45) is 10.7 Å². The molecular formula is C19H19F2N7O3. The molecule has 2 heterocycles. The molecule has 12 heteroatoms. The van der Waals surface area contributed by atoms with Crippen molar-refractivity contribution in [1.29, 1.82) is 0 Å². The number of aliphatic imine (C=N–C) groups is 1. The lowest BCUT2D eigenvalue weighted by Crippen LogP contribution is -2.28. The molecule has 2 amide bonds. The molecule has 162 valence electrons. The first kappa shape index (κ1) is 21.8. The molecule has 0 saturated heterocycles. The summed E-state index contributed by atoms with van der Waals surface area (Å²) < 4.78 is 28.5. The van der Waals surface area contributed by atoms with Gasteiger partial charge in [0.2, 0.25) is 5.91 Å². The predicted molar refractivity (Wildman–Crippen MR) is 108 cm³/mol. The average Bonchev–Trinajstić information content (AvgIpc) is 3.12. The van der Waals surface area contributed by atoms with E-state index < -0.39 is 29.0 Å². The highest BCUT2D eigenvalue weighted by Crippen LogP contribution is 2.29. The van der Waals surface area contributed by atoms with E-state index >= 15 is 0 Å². The Morgan fingerprint density at radius 3 is 2.71 bits per heavy atom. The molecule has 0 spiro atoms. The highest BCUT2D eigenvalue weighted by Gasteiger charge is 2.28. The molecule has 0 bridgehead atoms. The molecule has 1 aliphatic rings. The molecule has 0 aliphatic carbocycles. The molecular weight excluding hydrogens is 412 g/mol. The Morgan fingerprint density at radius 2 is 2.03 bits per heavy atom. The van der Waals surface area contributed by atoms with Crippen molar-refractivity contribution in [2.75, 3.05) is 25.0 Å². The smallest absolute Gasteiger partial charge is 0.257 e. The van der Waals surface area contributed by atoms with Crippen LogP contribution in [0.3, 0.4) is 0 Å². The minimum Gasteiger partial charge on any atom is -0.403 e. The number of nitrogens with zero attached hydrogens (tertiary/aromatic N) is 3. The zero-order valence-electron chi connectivity index (χ0n) is 16.2. The lowest BCUT2D eigenvalue weighted by molar-refractivity contribution is -0.119. The molecule has 6 N–H and O–H groups in total. The quantitative estimate of drug-likeness (QED) is 0.370. The number of nitrogens with one attached hydrogen (secondary N) is 3. The third-order valence-electron chi connectivity index (χ3n) is 4.16. The number of aliphatic hydroxyl groups is 1. The highest BCUT2D eigenvalue weighted by atomic mass is 19.1. The van der Waals surface area contributed by atoms with Crippen LogP contribution in [-0.4, -0.2) is 52.8 Å². The number of aliphatic hydroxyl groups excluding tert-OH is 1. The van der Waals surface area contributed by atoms with Crippen molar-refractivity contribution in [2.45, 2.75) is 6.54 Å². The van der Waals surface area contributed by atoms with E-state index in [0.29, 0.717) is 0 Å². The third kappa shape index (κ3) is 4.98. The van der Waals surface area contributed by atoms with E-state index in [4.69, 9.17) is 10.8 Å². The number of hydrogen-bond acceptors (Lipinski definition) is 8. The van der Waals surface area contributed by atoms with Gasteiger partial charge in [0.25, 0.3) is 5.91 Å². The van der Waals surface area contributed by atoms with Gasteiger partial charge < -0.3 is 26.8 Å². The van der Waals surface area contributed by atoms with Crippen LogP contribution in [-0.2, 0) is 11.3 Å². The molecule has 1 aromatic heterocycles. The second-order valence-corrected chi connectivity index (χ2v) is 6.29. The topological polar surface area (TPSA) is 155 Å². The van der Waals surface area contributed by atoms with Crippen LogP contribution in [0.4, 0.5) is 14.6 Å². The highest BCUT2D eigenvalue weighted by molar-refractivity contribution is 6.03. The molecule has 3 rings (SSSR count). The van der Waals surface area contributed by atoms with Crippen molar-refractivity contribution in [3.8, 4) is 11.4 Å². The monoisotopic (exact) mass is 431 g/mol. The molecule has 1 aromatic carbocycles. The lowest BCUT2D eigenvalue weighted by Gasteiger charge is -2.12. The summed E-state index contributed by atoms with van der Waals surface area (Å²) in [7, 11) is 0. The lowest BCUT2D eigenvalue weighted by atomic mass is 10.1. The molecule has 0 unspecified atom stereocenters. The fraction of sp³-hybridized carbons (Fsp3) is 0.211. The summed E-state index contributed by atoms with van der Waals surface area (Å²) >= 11 is 0. The number of hydrogen-bond donors (Lipinski definition) is 5. The van der Waals surface area contributed by atoms with Gasteiger partial charge in [0.15, 0.2) is 5.82 Å². The number of amides is 2. The number of nitrogens with two attached hydrogens (primary N) is 1. The number of carbonyl (C=O) groups excluding carboxylic acids is 2. The van der Waals surface area contributed by atoms with Crippen molar-refractivity contribution in [3.05, 3.63) is 53.0 Å². The molecule has 10 nitrogen and oxygen atoms in total. The third-order valence-corrected chi connectivity index (χ3v) is 4.16. The van der Waals surface area contributed by atoms with Gasteiger partial charge in [-0.3, -0.25) is 14.6 Å². The standard InChI is InChI=1S/C19H19F2N7O3/c20-11-2-1-3-12(21)15(11)17-27-13-8-25-19(31)16(13)18(28-17)26-10(6-22)7-23-9-14(30)24-4-5-29/h1-3,6-7,29H,4-5,8-9,22H2,(H,24,30)(H,25,31)(H,26,27,28).